The molecule has 1 aromatic heterocycles. The van der Waals surface area contributed by atoms with Gasteiger partial charge in [-0.05, 0) is 31.2 Å². The SMILES string of the molecule is COc1ccc(Nc2cc(C)nc(N3CCN(S(=O)(=O)CCC(F)(F)F)CC3)n2)cc1. The van der Waals surface area contributed by atoms with Crippen LogP contribution >= 0.6 is 0 Å². The van der Waals surface area contributed by atoms with Crippen molar-refractivity contribution in [3.63, 3.8) is 0 Å². The van der Waals surface area contributed by atoms with Crippen molar-refractivity contribution in [1.82, 2.24) is 14.3 Å². The monoisotopic (exact) mass is 459 g/mol. The highest BCUT2D eigenvalue weighted by Gasteiger charge is 2.34. The number of hydrogen-bond donors (Lipinski definition) is 1. The van der Waals surface area contributed by atoms with Crippen molar-refractivity contribution in [1.29, 1.82) is 0 Å². The number of hydrogen-bond acceptors (Lipinski definition) is 7. The Hall–Kier alpha value is -2.60. The number of nitrogens with zero attached hydrogens (tertiary/aromatic N) is 4. The summed E-state index contributed by atoms with van der Waals surface area (Å²) in [6, 6.07) is 9.11. The third kappa shape index (κ3) is 6.44. The lowest BCUT2D eigenvalue weighted by Crippen LogP contribution is -2.50. The molecule has 170 valence electrons. The van der Waals surface area contributed by atoms with Gasteiger partial charge in [0.25, 0.3) is 0 Å². The summed E-state index contributed by atoms with van der Waals surface area (Å²) in [5.74, 6) is 0.803. The van der Waals surface area contributed by atoms with Crippen LogP contribution in [0.5, 0.6) is 5.75 Å². The van der Waals surface area contributed by atoms with Crippen molar-refractivity contribution < 1.29 is 26.3 Å². The number of methoxy groups -OCH3 is 1. The summed E-state index contributed by atoms with van der Waals surface area (Å²) in [7, 11) is -2.37. The van der Waals surface area contributed by atoms with Crippen molar-refractivity contribution in [2.45, 2.75) is 19.5 Å². The second-order valence-corrected chi connectivity index (χ2v) is 9.20. The molecule has 3 rings (SSSR count). The van der Waals surface area contributed by atoms with Crippen LogP contribution in [0.3, 0.4) is 0 Å². The fourth-order valence-electron chi connectivity index (χ4n) is 3.12. The van der Waals surface area contributed by atoms with Gasteiger partial charge in [-0.2, -0.15) is 22.5 Å². The Morgan fingerprint density at radius 1 is 1.10 bits per heavy atom. The van der Waals surface area contributed by atoms with Crippen molar-refractivity contribution in [2.75, 3.05) is 49.3 Å². The van der Waals surface area contributed by atoms with Gasteiger partial charge in [0.05, 0.1) is 19.3 Å². The first-order chi connectivity index (χ1) is 14.6. The molecule has 31 heavy (non-hydrogen) atoms. The van der Waals surface area contributed by atoms with E-state index in [-0.39, 0.29) is 26.2 Å². The maximum absolute atomic E-state index is 12.4. The molecule has 0 radical (unpaired) electrons. The van der Waals surface area contributed by atoms with Crippen LogP contribution in [0.25, 0.3) is 0 Å². The van der Waals surface area contributed by atoms with Crippen LogP contribution in [0.2, 0.25) is 0 Å². The Bertz CT molecular complexity index is 992. The second-order valence-electron chi connectivity index (χ2n) is 7.12. The van der Waals surface area contributed by atoms with E-state index in [1.165, 1.54) is 0 Å². The smallest absolute Gasteiger partial charge is 0.390 e. The first kappa shape index (κ1) is 23.1. The average Bonchev–Trinajstić information content (AvgIpc) is 2.72. The molecule has 1 aromatic carbocycles. The number of anilines is 3. The minimum atomic E-state index is -4.50. The Morgan fingerprint density at radius 2 is 1.74 bits per heavy atom. The largest absolute Gasteiger partial charge is 0.497 e. The Balaban J connectivity index is 1.65. The van der Waals surface area contributed by atoms with E-state index in [0.717, 1.165) is 21.4 Å². The molecule has 1 aliphatic rings. The molecule has 1 N–H and O–H groups in total. The fourth-order valence-corrected chi connectivity index (χ4v) is 4.59. The van der Waals surface area contributed by atoms with E-state index in [9.17, 15) is 21.6 Å². The maximum Gasteiger partial charge on any atom is 0.390 e. The van der Waals surface area contributed by atoms with Gasteiger partial charge < -0.3 is 15.0 Å². The predicted molar refractivity (Wildman–Crippen MR) is 111 cm³/mol. The highest BCUT2D eigenvalue weighted by Crippen LogP contribution is 2.24. The fraction of sp³-hybridized carbons (Fsp3) is 0.474. The van der Waals surface area contributed by atoms with Gasteiger partial charge in [0.1, 0.15) is 11.6 Å². The third-order valence-electron chi connectivity index (χ3n) is 4.76. The van der Waals surface area contributed by atoms with Gasteiger partial charge in [-0.15, -0.1) is 0 Å². The minimum absolute atomic E-state index is 0.0821. The van der Waals surface area contributed by atoms with Gasteiger partial charge in [0.15, 0.2) is 0 Å². The second kappa shape index (κ2) is 9.27. The van der Waals surface area contributed by atoms with Gasteiger partial charge in [0, 0.05) is 43.6 Å². The molecule has 0 spiro atoms. The molecule has 1 aliphatic heterocycles. The molecule has 0 unspecified atom stereocenters. The zero-order chi connectivity index (χ0) is 22.6. The Morgan fingerprint density at radius 3 is 2.32 bits per heavy atom. The van der Waals surface area contributed by atoms with E-state index in [0.29, 0.717) is 11.8 Å². The molecule has 2 heterocycles. The number of halogens is 3. The molecular weight excluding hydrogens is 435 g/mol. The van der Waals surface area contributed by atoms with Crippen LogP contribution in [0.1, 0.15) is 12.1 Å². The number of aryl methyl sites for hydroxylation is 1. The van der Waals surface area contributed by atoms with Crippen molar-refractivity contribution >= 4 is 27.5 Å². The molecule has 0 saturated carbocycles. The summed E-state index contributed by atoms with van der Waals surface area (Å²) in [5, 5.41) is 3.19. The van der Waals surface area contributed by atoms with Crippen molar-refractivity contribution in [3.05, 3.63) is 36.0 Å². The lowest BCUT2D eigenvalue weighted by molar-refractivity contribution is -0.130. The standard InChI is InChI=1S/C19H24F3N5O3S/c1-14-13-17(24-15-3-5-16(30-2)6-4-15)25-18(23-14)26-8-10-27(11-9-26)31(28,29)12-7-19(20,21)22/h3-6,13H,7-12H2,1-2H3,(H,23,24,25). The molecule has 2 aromatic rings. The zero-order valence-electron chi connectivity index (χ0n) is 17.2. The predicted octanol–water partition coefficient (Wildman–Crippen LogP) is 2.94. The first-order valence-electron chi connectivity index (χ1n) is 9.62. The summed E-state index contributed by atoms with van der Waals surface area (Å²) in [4.78, 5) is 10.7. The molecule has 0 atom stereocenters. The van der Waals surface area contributed by atoms with E-state index < -0.39 is 28.4 Å². The molecular formula is C19H24F3N5O3S. The van der Waals surface area contributed by atoms with Crippen LogP contribution in [-0.2, 0) is 10.0 Å². The normalized spacial score (nSPS) is 15.7. The van der Waals surface area contributed by atoms with Crippen LogP contribution in [-0.4, -0.2) is 67.9 Å². The van der Waals surface area contributed by atoms with Crippen molar-refractivity contribution in [3.8, 4) is 5.75 Å². The zero-order valence-corrected chi connectivity index (χ0v) is 18.0. The van der Waals surface area contributed by atoms with E-state index in [1.807, 2.05) is 36.1 Å². The number of aromatic nitrogens is 2. The van der Waals surface area contributed by atoms with Crippen molar-refractivity contribution in [2.24, 2.45) is 0 Å². The number of piperazine rings is 1. The lowest BCUT2D eigenvalue weighted by atomic mass is 10.3. The average molecular weight is 459 g/mol. The van der Waals surface area contributed by atoms with E-state index >= 15 is 0 Å². The van der Waals surface area contributed by atoms with Crippen LogP contribution in [0, 0.1) is 6.92 Å². The number of benzene rings is 1. The molecule has 0 amide bonds. The summed E-state index contributed by atoms with van der Waals surface area (Å²) in [5.41, 5.74) is 1.53. The van der Waals surface area contributed by atoms with Crippen LogP contribution in [0.4, 0.5) is 30.6 Å². The Kier molecular flexibility index (Phi) is 6.90. The number of rotatable bonds is 7. The lowest BCUT2D eigenvalue weighted by Gasteiger charge is -2.34. The molecule has 0 aliphatic carbocycles. The van der Waals surface area contributed by atoms with Gasteiger partial charge in [-0.25, -0.2) is 13.4 Å². The Labute approximate surface area is 179 Å². The minimum Gasteiger partial charge on any atom is -0.497 e. The van der Waals surface area contributed by atoms with Gasteiger partial charge in [0.2, 0.25) is 16.0 Å². The maximum atomic E-state index is 12.4. The first-order valence-corrected chi connectivity index (χ1v) is 11.2. The molecule has 1 fully saturated rings. The highest BCUT2D eigenvalue weighted by atomic mass is 32.2. The molecule has 8 nitrogen and oxygen atoms in total. The van der Waals surface area contributed by atoms with E-state index in [4.69, 9.17) is 4.74 Å². The number of ether oxygens (including phenoxy) is 1. The summed E-state index contributed by atoms with van der Waals surface area (Å²) < 4.78 is 67.8. The number of alkyl halides is 3. The number of nitrogens with one attached hydrogen (secondary N) is 1. The van der Waals surface area contributed by atoms with Gasteiger partial charge >= 0.3 is 6.18 Å². The summed E-state index contributed by atoms with van der Waals surface area (Å²) in [6.07, 6.45) is -5.85. The van der Waals surface area contributed by atoms with Gasteiger partial charge in [-0.3, -0.25) is 0 Å². The van der Waals surface area contributed by atoms with Gasteiger partial charge in [-0.1, -0.05) is 0 Å². The van der Waals surface area contributed by atoms with E-state index in [1.54, 1.807) is 13.2 Å². The molecule has 0 bridgehead atoms. The quantitative estimate of drug-likeness (QED) is 0.681. The summed E-state index contributed by atoms with van der Waals surface area (Å²) >= 11 is 0. The number of sulfonamides is 1. The topological polar surface area (TPSA) is 87.7 Å². The summed E-state index contributed by atoms with van der Waals surface area (Å²) in [6.45, 7) is 2.56. The highest BCUT2D eigenvalue weighted by molar-refractivity contribution is 7.89. The third-order valence-corrected chi connectivity index (χ3v) is 6.64. The van der Waals surface area contributed by atoms with Crippen LogP contribution < -0.4 is 15.0 Å². The van der Waals surface area contributed by atoms with E-state index in [2.05, 4.69) is 15.3 Å². The molecule has 1 saturated heterocycles. The molecule has 12 heteroatoms. The van der Waals surface area contributed by atoms with Crippen LogP contribution in [0.15, 0.2) is 30.3 Å².